The molecule has 1 aromatic heterocycles. The Morgan fingerprint density at radius 3 is 2.81 bits per heavy atom. The molecule has 1 heterocycles. The lowest BCUT2D eigenvalue weighted by atomic mass is 10.2. The van der Waals surface area contributed by atoms with E-state index in [1.165, 1.54) is 6.07 Å². The van der Waals surface area contributed by atoms with Crippen LogP contribution in [0.15, 0.2) is 12.1 Å². The van der Waals surface area contributed by atoms with E-state index in [9.17, 15) is 9.18 Å². The second kappa shape index (κ2) is 6.43. The van der Waals surface area contributed by atoms with Crippen molar-refractivity contribution in [3.05, 3.63) is 29.3 Å². The lowest BCUT2D eigenvalue weighted by Crippen LogP contribution is -2.30. The van der Waals surface area contributed by atoms with Gasteiger partial charge in [0.05, 0.1) is 16.9 Å². The number of alkyl halides is 1. The minimum Gasteiger partial charge on any atom is -0.354 e. The monoisotopic (exact) mass is 311 g/mol. The van der Waals surface area contributed by atoms with Gasteiger partial charge in [0, 0.05) is 25.1 Å². The molecule has 1 N–H and O–H groups in total. The normalized spacial score (nSPS) is 11.3. The maximum absolute atomic E-state index is 13.6. The highest BCUT2D eigenvalue weighted by atomic mass is 35.5. The molecule has 0 atom stereocenters. The molecule has 0 saturated heterocycles. The van der Waals surface area contributed by atoms with Gasteiger partial charge in [0.25, 0.3) is 0 Å². The van der Waals surface area contributed by atoms with Crippen molar-refractivity contribution < 1.29 is 9.18 Å². The number of halogens is 2. The first-order valence-corrected chi connectivity index (χ1v) is 7.46. The first-order valence-electron chi connectivity index (χ1n) is 6.93. The van der Waals surface area contributed by atoms with Crippen molar-refractivity contribution in [1.82, 2.24) is 14.9 Å². The van der Waals surface area contributed by atoms with Crippen LogP contribution in [0.3, 0.4) is 0 Å². The molecule has 1 amide bonds. The SMILES string of the molecule is Cc1cc2c(cc1F)nc(CCl)n2CCC(=O)NC(C)C. The molecule has 4 nitrogen and oxygen atoms in total. The minimum absolute atomic E-state index is 0.0220. The van der Waals surface area contributed by atoms with Gasteiger partial charge >= 0.3 is 0 Å². The molecule has 2 aromatic rings. The van der Waals surface area contributed by atoms with Crippen molar-refractivity contribution in [2.45, 2.75) is 45.7 Å². The van der Waals surface area contributed by atoms with Crippen LogP contribution in [0.4, 0.5) is 4.39 Å². The number of hydrogen-bond acceptors (Lipinski definition) is 2. The van der Waals surface area contributed by atoms with Crippen molar-refractivity contribution in [3.8, 4) is 0 Å². The number of nitrogens with zero attached hydrogens (tertiary/aromatic N) is 2. The molecule has 0 spiro atoms. The van der Waals surface area contributed by atoms with E-state index in [-0.39, 0.29) is 23.6 Å². The molecule has 6 heteroatoms. The summed E-state index contributed by atoms with van der Waals surface area (Å²) in [5.74, 6) is 0.562. The summed E-state index contributed by atoms with van der Waals surface area (Å²) in [6, 6.07) is 3.26. The second-order valence-electron chi connectivity index (χ2n) is 5.38. The summed E-state index contributed by atoms with van der Waals surface area (Å²) in [6.07, 6.45) is 0.337. The molecule has 2 rings (SSSR count). The van der Waals surface area contributed by atoms with E-state index in [0.29, 0.717) is 29.9 Å². The van der Waals surface area contributed by atoms with E-state index in [1.807, 2.05) is 18.4 Å². The average molecular weight is 312 g/mol. The van der Waals surface area contributed by atoms with Gasteiger partial charge in [-0.25, -0.2) is 9.37 Å². The Hall–Kier alpha value is -1.62. The fourth-order valence-corrected chi connectivity index (χ4v) is 2.46. The molecular formula is C15H19ClFN3O. The third-order valence-corrected chi connectivity index (χ3v) is 3.48. The predicted molar refractivity (Wildman–Crippen MR) is 81.9 cm³/mol. The third-order valence-electron chi connectivity index (χ3n) is 3.24. The predicted octanol–water partition coefficient (Wildman–Crippen LogP) is 3.14. The van der Waals surface area contributed by atoms with Gasteiger partial charge < -0.3 is 9.88 Å². The first-order chi connectivity index (χ1) is 9.92. The molecule has 21 heavy (non-hydrogen) atoms. The summed E-state index contributed by atoms with van der Waals surface area (Å²) < 4.78 is 15.5. The highest BCUT2D eigenvalue weighted by molar-refractivity contribution is 6.16. The highest BCUT2D eigenvalue weighted by Gasteiger charge is 2.13. The largest absolute Gasteiger partial charge is 0.354 e. The van der Waals surface area contributed by atoms with Crippen LogP contribution >= 0.6 is 11.6 Å². The molecule has 0 aliphatic carbocycles. The molecule has 0 unspecified atom stereocenters. The van der Waals surface area contributed by atoms with Crippen molar-refractivity contribution in [2.75, 3.05) is 0 Å². The number of fused-ring (bicyclic) bond motifs is 1. The van der Waals surface area contributed by atoms with Crippen molar-refractivity contribution >= 4 is 28.5 Å². The van der Waals surface area contributed by atoms with Crippen LogP contribution in [-0.2, 0) is 17.2 Å². The number of amides is 1. The number of hydrogen-bond donors (Lipinski definition) is 1. The van der Waals surface area contributed by atoms with Crippen molar-refractivity contribution in [1.29, 1.82) is 0 Å². The van der Waals surface area contributed by atoms with E-state index in [2.05, 4.69) is 10.3 Å². The summed E-state index contributed by atoms with van der Waals surface area (Å²) in [5.41, 5.74) is 1.93. The van der Waals surface area contributed by atoms with E-state index in [4.69, 9.17) is 11.6 Å². The van der Waals surface area contributed by atoms with E-state index in [1.54, 1.807) is 13.0 Å². The Labute approximate surface area is 128 Å². The van der Waals surface area contributed by atoms with Gasteiger partial charge in [-0.3, -0.25) is 4.79 Å². The van der Waals surface area contributed by atoms with Gasteiger partial charge in [-0.2, -0.15) is 0 Å². The fourth-order valence-electron chi connectivity index (χ4n) is 2.26. The van der Waals surface area contributed by atoms with Crippen molar-refractivity contribution in [2.24, 2.45) is 0 Å². The maximum Gasteiger partial charge on any atom is 0.221 e. The first kappa shape index (κ1) is 15.8. The van der Waals surface area contributed by atoms with Crippen molar-refractivity contribution in [3.63, 3.8) is 0 Å². The summed E-state index contributed by atoms with van der Waals surface area (Å²) in [4.78, 5) is 16.1. The van der Waals surface area contributed by atoms with Gasteiger partial charge in [0.15, 0.2) is 0 Å². The molecule has 0 saturated carbocycles. The maximum atomic E-state index is 13.6. The van der Waals surface area contributed by atoms with Gasteiger partial charge in [0.1, 0.15) is 11.6 Å². The van der Waals surface area contributed by atoms with Gasteiger partial charge in [-0.1, -0.05) is 0 Å². The number of nitrogens with one attached hydrogen (secondary N) is 1. The Morgan fingerprint density at radius 1 is 1.48 bits per heavy atom. The highest BCUT2D eigenvalue weighted by Crippen LogP contribution is 2.21. The van der Waals surface area contributed by atoms with E-state index >= 15 is 0 Å². The topological polar surface area (TPSA) is 46.9 Å². The van der Waals surface area contributed by atoms with E-state index in [0.717, 1.165) is 5.52 Å². The molecular weight excluding hydrogens is 293 g/mol. The molecule has 0 fully saturated rings. The second-order valence-corrected chi connectivity index (χ2v) is 5.64. The summed E-state index contributed by atoms with van der Waals surface area (Å²) >= 11 is 5.91. The van der Waals surface area contributed by atoms with Crippen LogP contribution in [0.5, 0.6) is 0 Å². The Morgan fingerprint density at radius 2 is 2.19 bits per heavy atom. The Balaban J connectivity index is 2.29. The zero-order chi connectivity index (χ0) is 15.6. The number of rotatable bonds is 5. The van der Waals surface area contributed by atoms with Gasteiger partial charge in [0.2, 0.25) is 5.91 Å². The standard InChI is InChI=1S/C15H19ClFN3O/c1-9(2)18-15(21)4-5-20-13-6-10(3)11(17)7-12(13)19-14(20)8-16/h6-7,9H,4-5,8H2,1-3H3,(H,18,21). The van der Waals surface area contributed by atoms with Crippen LogP contribution in [-0.4, -0.2) is 21.5 Å². The molecule has 1 aromatic carbocycles. The minimum atomic E-state index is -0.286. The van der Waals surface area contributed by atoms with Gasteiger partial charge in [-0.05, 0) is 32.4 Å². The molecule has 0 aliphatic rings. The Kier molecular flexibility index (Phi) is 4.83. The number of aromatic nitrogens is 2. The number of benzene rings is 1. The quantitative estimate of drug-likeness (QED) is 0.862. The number of imidazole rings is 1. The molecule has 0 bridgehead atoms. The Bertz CT molecular complexity index is 666. The van der Waals surface area contributed by atoms with Gasteiger partial charge in [-0.15, -0.1) is 11.6 Å². The molecule has 0 aliphatic heterocycles. The lowest BCUT2D eigenvalue weighted by molar-refractivity contribution is -0.121. The van der Waals surface area contributed by atoms with E-state index < -0.39 is 0 Å². The van der Waals surface area contributed by atoms with Crippen LogP contribution in [0.1, 0.15) is 31.7 Å². The van der Waals surface area contributed by atoms with Crippen LogP contribution in [0.25, 0.3) is 11.0 Å². The molecule has 114 valence electrons. The van der Waals surface area contributed by atoms with Crippen LogP contribution in [0, 0.1) is 12.7 Å². The summed E-state index contributed by atoms with van der Waals surface area (Å²) in [6.45, 7) is 6.02. The molecule has 0 radical (unpaired) electrons. The zero-order valence-corrected chi connectivity index (χ0v) is 13.2. The number of aryl methyl sites for hydroxylation is 2. The summed E-state index contributed by atoms with van der Waals surface area (Å²) in [7, 11) is 0. The third kappa shape index (κ3) is 3.53. The lowest BCUT2D eigenvalue weighted by Gasteiger charge is -2.10. The average Bonchev–Trinajstić information content (AvgIpc) is 2.73. The fraction of sp³-hybridized carbons (Fsp3) is 0.467. The zero-order valence-electron chi connectivity index (χ0n) is 12.4. The smallest absolute Gasteiger partial charge is 0.221 e. The number of carbonyl (C=O) groups is 1. The van der Waals surface area contributed by atoms with Crippen LogP contribution in [0.2, 0.25) is 0 Å². The summed E-state index contributed by atoms with van der Waals surface area (Å²) in [5, 5.41) is 2.85. The van der Waals surface area contributed by atoms with Crippen LogP contribution < -0.4 is 5.32 Å². The number of carbonyl (C=O) groups excluding carboxylic acids is 1.